The number of aromatic nitrogens is 1. The van der Waals surface area contributed by atoms with E-state index in [0.717, 1.165) is 37.9 Å². The van der Waals surface area contributed by atoms with Gasteiger partial charge < -0.3 is 9.64 Å². The highest BCUT2D eigenvalue weighted by Crippen LogP contribution is 2.30. The number of nitrogens with zero attached hydrogens (tertiary/aromatic N) is 2. The molecule has 1 amide bonds. The molecule has 2 fully saturated rings. The van der Waals surface area contributed by atoms with Crippen molar-refractivity contribution >= 4 is 5.91 Å². The normalized spacial score (nSPS) is 20.2. The molecule has 0 unspecified atom stereocenters. The van der Waals surface area contributed by atoms with Crippen molar-refractivity contribution in [1.29, 1.82) is 0 Å². The van der Waals surface area contributed by atoms with Gasteiger partial charge in [-0.1, -0.05) is 19.3 Å². The summed E-state index contributed by atoms with van der Waals surface area (Å²) in [5.41, 5.74) is -0.799. The van der Waals surface area contributed by atoms with Crippen LogP contribution in [0.1, 0.15) is 37.7 Å². The highest BCUT2D eigenvalue weighted by Gasteiger charge is 2.36. The van der Waals surface area contributed by atoms with Crippen molar-refractivity contribution in [3.8, 4) is 5.88 Å². The first-order valence-corrected chi connectivity index (χ1v) is 7.92. The second-order valence-electron chi connectivity index (χ2n) is 6.20. The number of carbonyl (C=O) groups is 1. The minimum Gasteiger partial charge on any atom is -0.471 e. The number of amides is 1. The molecule has 0 aromatic carbocycles. The Balaban J connectivity index is 1.47. The lowest BCUT2D eigenvalue weighted by molar-refractivity contribution is -0.145. The average molecular weight is 328 g/mol. The van der Waals surface area contributed by atoms with Crippen LogP contribution in [-0.2, 0) is 11.0 Å². The Bertz CT molecular complexity index is 547. The zero-order valence-electron chi connectivity index (χ0n) is 12.7. The summed E-state index contributed by atoms with van der Waals surface area (Å²) < 4.78 is 42.9. The van der Waals surface area contributed by atoms with Crippen LogP contribution in [0, 0.1) is 5.92 Å². The maximum absolute atomic E-state index is 12.5. The Hall–Kier alpha value is -1.79. The molecule has 0 radical (unpaired) electrons. The van der Waals surface area contributed by atoms with Crippen LogP contribution in [0.2, 0.25) is 0 Å². The summed E-state index contributed by atoms with van der Waals surface area (Å²) in [6, 6.07) is 2.17. The van der Waals surface area contributed by atoms with Crippen LogP contribution in [0.5, 0.6) is 5.88 Å². The Kier molecular flexibility index (Phi) is 4.46. The van der Waals surface area contributed by atoms with Gasteiger partial charge in [0, 0.05) is 18.2 Å². The Labute approximate surface area is 132 Å². The first kappa shape index (κ1) is 16.1. The van der Waals surface area contributed by atoms with Gasteiger partial charge >= 0.3 is 6.18 Å². The van der Waals surface area contributed by atoms with E-state index in [1.54, 1.807) is 4.90 Å². The van der Waals surface area contributed by atoms with Gasteiger partial charge in [-0.2, -0.15) is 13.2 Å². The molecule has 1 saturated carbocycles. The van der Waals surface area contributed by atoms with Crippen molar-refractivity contribution in [2.24, 2.45) is 5.92 Å². The van der Waals surface area contributed by atoms with E-state index in [0.29, 0.717) is 13.1 Å². The second kappa shape index (κ2) is 6.37. The highest BCUT2D eigenvalue weighted by molar-refractivity contribution is 5.79. The first-order chi connectivity index (χ1) is 10.9. The van der Waals surface area contributed by atoms with Gasteiger partial charge in [-0.3, -0.25) is 4.79 Å². The number of hydrogen-bond acceptors (Lipinski definition) is 3. The molecule has 2 heterocycles. The van der Waals surface area contributed by atoms with E-state index in [1.807, 2.05) is 0 Å². The van der Waals surface area contributed by atoms with Crippen LogP contribution in [0.25, 0.3) is 0 Å². The molecule has 4 nitrogen and oxygen atoms in total. The highest BCUT2D eigenvalue weighted by atomic mass is 19.4. The smallest absolute Gasteiger partial charge is 0.417 e. The molecule has 0 spiro atoms. The molecular weight excluding hydrogens is 309 g/mol. The minimum absolute atomic E-state index is 0.133. The fourth-order valence-electron chi connectivity index (χ4n) is 3.09. The fourth-order valence-corrected chi connectivity index (χ4v) is 3.09. The molecule has 1 aliphatic carbocycles. The van der Waals surface area contributed by atoms with E-state index in [2.05, 4.69) is 4.98 Å². The van der Waals surface area contributed by atoms with E-state index in [-0.39, 0.29) is 23.8 Å². The lowest BCUT2D eigenvalue weighted by Gasteiger charge is -2.41. The predicted molar refractivity (Wildman–Crippen MR) is 76.8 cm³/mol. The van der Waals surface area contributed by atoms with Crippen LogP contribution in [0.3, 0.4) is 0 Å². The Morgan fingerprint density at radius 1 is 1.17 bits per heavy atom. The third-order valence-corrected chi connectivity index (χ3v) is 4.47. The van der Waals surface area contributed by atoms with Crippen LogP contribution >= 0.6 is 0 Å². The molecular formula is C16H19F3N2O2. The molecule has 23 heavy (non-hydrogen) atoms. The van der Waals surface area contributed by atoms with Gasteiger partial charge in [-0.25, -0.2) is 4.98 Å². The number of alkyl halides is 3. The van der Waals surface area contributed by atoms with Crippen LogP contribution in [0.15, 0.2) is 18.3 Å². The molecule has 126 valence electrons. The van der Waals surface area contributed by atoms with Crippen molar-refractivity contribution < 1.29 is 22.7 Å². The summed E-state index contributed by atoms with van der Waals surface area (Å²) in [6.45, 7) is 0.968. The van der Waals surface area contributed by atoms with Gasteiger partial charge in [0.05, 0.1) is 18.7 Å². The van der Waals surface area contributed by atoms with Crippen LogP contribution in [0.4, 0.5) is 13.2 Å². The number of halogens is 3. The van der Waals surface area contributed by atoms with E-state index < -0.39 is 11.7 Å². The third-order valence-electron chi connectivity index (χ3n) is 4.47. The predicted octanol–water partition coefficient (Wildman–Crippen LogP) is 3.27. The number of ether oxygens (including phenoxy) is 1. The van der Waals surface area contributed by atoms with E-state index >= 15 is 0 Å². The summed E-state index contributed by atoms with van der Waals surface area (Å²) in [6.07, 6.45) is 1.52. The van der Waals surface area contributed by atoms with Crippen molar-refractivity contribution in [2.45, 2.75) is 44.4 Å². The van der Waals surface area contributed by atoms with E-state index in [4.69, 9.17) is 4.74 Å². The summed E-state index contributed by atoms with van der Waals surface area (Å²) in [5, 5.41) is 0. The van der Waals surface area contributed by atoms with Crippen molar-refractivity contribution in [3.05, 3.63) is 23.9 Å². The molecule has 1 saturated heterocycles. The quantitative estimate of drug-likeness (QED) is 0.855. The first-order valence-electron chi connectivity index (χ1n) is 7.92. The summed E-state index contributed by atoms with van der Waals surface area (Å²) in [4.78, 5) is 17.7. The number of likely N-dealkylation sites (tertiary alicyclic amines) is 1. The molecule has 2 aliphatic rings. The summed E-state index contributed by atoms with van der Waals surface area (Å²) in [7, 11) is 0. The summed E-state index contributed by atoms with van der Waals surface area (Å²) in [5.74, 6) is 0.478. The van der Waals surface area contributed by atoms with Crippen molar-refractivity contribution in [1.82, 2.24) is 9.88 Å². The Morgan fingerprint density at radius 3 is 2.43 bits per heavy atom. The topological polar surface area (TPSA) is 42.4 Å². The molecule has 0 atom stereocenters. The van der Waals surface area contributed by atoms with Crippen LogP contribution < -0.4 is 4.74 Å². The zero-order chi connectivity index (χ0) is 16.4. The molecule has 1 aromatic heterocycles. The van der Waals surface area contributed by atoms with E-state index in [1.165, 1.54) is 12.5 Å². The Morgan fingerprint density at radius 2 is 1.87 bits per heavy atom. The average Bonchev–Trinajstić information content (AvgIpc) is 2.50. The van der Waals surface area contributed by atoms with Crippen molar-refractivity contribution in [3.63, 3.8) is 0 Å². The minimum atomic E-state index is -4.40. The third kappa shape index (κ3) is 3.76. The van der Waals surface area contributed by atoms with Gasteiger partial charge in [0.15, 0.2) is 0 Å². The summed E-state index contributed by atoms with van der Waals surface area (Å²) >= 11 is 0. The zero-order valence-corrected chi connectivity index (χ0v) is 12.7. The maximum Gasteiger partial charge on any atom is 0.417 e. The molecule has 3 rings (SSSR count). The van der Waals surface area contributed by atoms with Gasteiger partial charge in [-0.05, 0) is 18.9 Å². The van der Waals surface area contributed by atoms with E-state index in [9.17, 15) is 18.0 Å². The largest absolute Gasteiger partial charge is 0.471 e. The molecule has 0 N–H and O–H groups in total. The van der Waals surface area contributed by atoms with Gasteiger partial charge in [0.25, 0.3) is 0 Å². The molecule has 0 bridgehead atoms. The molecule has 7 heteroatoms. The molecule has 1 aromatic rings. The van der Waals surface area contributed by atoms with Gasteiger partial charge in [0.2, 0.25) is 11.8 Å². The monoisotopic (exact) mass is 328 g/mol. The lowest BCUT2D eigenvalue weighted by Crippen LogP contribution is -2.57. The van der Waals surface area contributed by atoms with Crippen molar-refractivity contribution in [2.75, 3.05) is 13.1 Å². The van der Waals surface area contributed by atoms with Crippen LogP contribution in [-0.4, -0.2) is 35.0 Å². The fraction of sp³-hybridized carbons (Fsp3) is 0.625. The van der Waals surface area contributed by atoms with Gasteiger partial charge in [0.1, 0.15) is 6.10 Å². The lowest BCUT2D eigenvalue weighted by atomic mass is 9.87. The standard InChI is InChI=1S/C16H19F3N2O2/c17-16(18,19)12-6-7-14(20-8-12)23-13-9-21(10-13)15(22)11-4-2-1-3-5-11/h6-8,11,13H,1-5,9-10H2. The number of hydrogen-bond donors (Lipinski definition) is 0. The molecule has 1 aliphatic heterocycles. The number of rotatable bonds is 3. The number of carbonyl (C=O) groups excluding carboxylic acids is 1. The SMILES string of the molecule is O=C(C1CCCCC1)N1CC(Oc2ccc(C(F)(F)F)cn2)C1. The second-order valence-corrected chi connectivity index (χ2v) is 6.20. The maximum atomic E-state index is 12.5. The number of pyridine rings is 1. The van der Waals surface area contributed by atoms with Gasteiger partial charge in [-0.15, -0.1) is 0 Å².